The SMILES string of the molecule is FC1=C(C(F)(F)C(F)(F)F)C(F)(F)C1(F)F. The molecule has 0 saturated carbocycles. The molecule has 0 saturated heterocycles. The Kier molecular flexibility index (Phi) is 2.32. The lowest BCUT2D eigenvalue weighted by atomic mass is 9.83. The van der Waals surface area contributed by atoms with Gasteiger partial charge in [0.2, 0.25) is 0 Å². The molecule has 0 nitrogen and oxygen atoms in total. The first kappa shape index (κ1) is 13.1. The minimum Gasteiger partial charge on any atom is -0.204 e. The zero-order valence-electron chi connectivity index (χ0n) is 6.78. The topological polar surface area (TPSA) is 0 Å². The van der Waals surface area contributed by atoms with Crippen molar-refractivity contribution >= 4 is 0 Å². The molecule has 0 aromatic rings. The zero-order valence-corrected chi connectivity index (χ0v) is 6.78. The molecule has 1 rings (SSSR count). The van der Waals surface area contributed by atoms with E-state index in [1.165, 1.54) is 0 Å². The van der Waals surface area contributed by atoms with Crippen molar-refractivity contribution in [3.63, 3.8) is 0 Å². The molecule has 0 unspecified atom stereocenters. The molecular weight excluding hydrogens is 262 g/mol. The van der Waals surface area contributed by atoms with Crippen LogP contribution in [0.3, 0.4) is 0 Å². The van der Waals surface area contributed by atoms with Crippen LogP contribution in [-0.4, -0.2) is 23.9 Å². The summed E-state index contributed by atoms with van der Waals surface area (Å²) in [5.41, 5.74) is -3.53. The van der Waals surface area contributed by atoms with Gasteiger partial charge in [-0.25, -0.2) is 4.39 Å². The molecule has 10 heteroatoms. The predicted octanol–water partition coefficient (Wildman–Crippen LogP) is 3.69. The van der Waals surface area contributed by atoms with Crippen LogP contribution in [0.2, 0.25) is 0 Å². The Hall–Kier alpha value is -0.960. The highest BCUT2D eigenvalue weighted by Crippen LogP contribution is 2.62. The molecule has 0 aliphatic heterocycles. The lowest BCUT2D eigenvalue weighted by Crippen LogP contribution is -2.60. The fourth-order valence-electron chi connectivity index (χ4n) is 1.00. The van der Waals surface area contributed by atoms with Crippen molar-refractivity contribution in [2.45, 2.75) is 23.9 Å². The van der Waals surface area contributed by atoms with Gasteiger partial charge in [-0.1, -0.05) is 0 Å². The molecule has 1 aliphatic rings. The summed E-state index contributed by atoms with van der Waals surface area (Å²) in [5.74, 6) is -21.3. The lowest BCUT2D eigenvalue weighted by Gasteiger charge is -2.40. The van der Waals surface area contributed by atoms with Crippen LogP contribution in [0.5, 0.6) is 0 Å². The number of allylic oxidation sites excluding steroid dienone is 2. The van der Waals surface area contributed by atoms with E-state index < -0.39 is 35.3 Å². The molecule has 0 heterocycles. The van der Waals surface area contributed by atoms with Crippen LogP contribution in [0.25, 0.3) is 0 Å². The number of halogens is 10. The average Bonchev–Trinajstić information content (AvgIpc) is 2.00. The van der Waals surface area contributed by atoms with Crippen molar-refractivity contribution in [1.29, 1.82) is 0 Å². The fraction of sp³-hybridized carbons (Fsp3) is 0.667. The lowest BCUT2D eigenvalue weighted by molar-refractivity contribution is -0.300. The third-order valence-electron chi connectivity index (χ3n) is 1.87. The quantitative estimate of drug-likeness (QED) is 0.632. The molecule has 0 fully saturated rings. The molecule has 0 aromatic carbocycles. The second-order valence-corrected chi connectivity index (χ2v) is 2.91. The maximum absolute atomic E-state index is 12.2. The Labute approximate surface area is 80.5 Å². The van der Waals surface area contributed by atoms with Crippen LogP contribution in [0.15, 0.2) is 11.4 Å². The summed E-state index contributed by atoms with van der Waals surface area (Å²) in [7, 11) is 0. The van der Waals surface area contributed by atoms with Crippen LogP contribution in [-0.2, 0) is 0 Å². The minimum atomic E-state index is -6.57. The summed E-state index contributed by atoms with van der Waals surface area (Å²) < 4.78 is 120. The number of rotatable bonds is 1. The zero-order chi connectivity index (χ0) is 13.2. The van der Waals surface area contributed by atoms with Gasteiger partial charge in [-0.15, -0.1) is 0 Å². The van der Waals surface area contributed by atoms with E-state index in [0.29, 0.717) is 0 Å². The van der Waals surface area contributed by atoms with Crippen molar-refractivity contribution in [2.24, 2.45) is 0 Å². The first-order chi connectivity index (χ1) is 6.78. The van der Waals surface area contributed by atoms with Gasteiger partial charge in [-0.05, 0) is 0 Å². The van der Waals surface area contributed by atoms with E-state index in [1.54, 1.807) is 0 Å². The summed E-state index contributed by atoms with van der Waals surface area (Å²) in [6.07, 6.45) is -6.57. The van der Waals surface area contributed by atoms with Crippen LogP contribution < -0.4 is 0 Å². The van der Waals surface area contributed by atoms with E-state index in [1.807, 2.05) is 0 Å². The van der Waals surface area contributed by atoms with Gasteiger partial charge < -0.3 is 0 Å². The first-order valence-electron chi connectivity index (χ1n) is 3.39. The van der Waals surface area contributed by atoms with Crippen LogP contribution in [0.4, 0.5) is 43.9 Å². The molecule has 94 valence electrons. The van der Waals surface area contributed by atoms with E-state index in [9.17, 15) is 43.9 Å². The van der Waals surface area contributed by atoms with Crippen molar-refractivity contribution in [3.05, 3.63) is 11.4 Å². The smallest absolute Gasteiger partial charge is 0.204 e. The van der Waals surface area contributed by atoms with E-state index in [0.717, 1.165) is 0 Å². The number of hydrogen-bond acceptors (Lipinski definition) is 0. The summed E-state index contributed by atoms with van der Waals surface area (Å²) in [5, 5.41) is 0. The van der Waals surface area contributed by atoms with Gasteiger partial charge in [-0.2, -0.15) is 39.5 Å². The highest BCUT2D eigenvalue weighted by atomic mass is 19.4. The molecule has 0 atom stereocenters. The second kappa shape index (κ2) is 2.83. The minimum absolute atomic E-state index is 3.44. The molecule has 1 aliphatic carbocycles. The van der Waals surface area contributed by atoms with Crippen LogP contribution in [0, 0.1) is 0 Å². The maximum Gasteiger partial charge on any atom is 0.458 e. The normalized spacial score (nSPS) is 24.4. The highest BCUT2D eigenvalue weighted by Gasteiger charge is 2.82. The van der Waals surface area contributed by atoms with Crippen LogP contribution >= 0.6 is 0 Å². The third-order valence-corrected chi connectivity index (χ3v) is 1.87. The standard InChI is InChI=1S/C6F10/c7-2-1(3(8,9)5(2,12)13)4(10,11)6(14,15)16. The van der Waals surface area contributed by atoms with Gasteiger partial charge in [0.1, 0.15) is 5.57 Å². The van der Waals surface area contributed by atoms with Gasteiger partial charge in [-0.3, -0.25) is 0 Å². The molecule has 0 bridgehead atoms. The van der Waals surface area contributed by atoms with Gasteiger partial charge in [0.05, 0.1) is 0 Å². The van der Waals surface area contributed by atoms with Gasteiger partial charge in [0.15, 0.2) is 5.83 Å². The van der Waals surface area contributed by atoms with Gasteiger partial charge in [0, 0.05) is 0 Å². The predicted molar refractivity (Wildman–Crippen MR) is 29.0 cm³/mol. The highest BCUT2D eigenvalue weighted by molar-refractivity contribution is 5.44. The Morgan fingerprint density at radius 1 is 0.750 bits per heavy atom. The van der Waals surface area contributed by atoms with Crippen molar-refractivity contribution in [2.75, 3.05) is 0 Å². The monoisotopic (exact) mass is 262 g/mol. The maximum atomic E-state index is 12.2. The summed E-state index contributed by atoms with van der Waals surface area (Å²) in [6, 6.07) is 0. The molecule has 16 heavy (non-hydrogen) atoms. The molecular formula is C6F10. The van der Waals surface area contributed by atoms with Gasteiger partial charge in [0.25, 0.3) is 0 Å². The average molecular weight is 262 g/mol. The van der Waals surface area contributed by atoms with Crippen molar-refractivity contribution < 1.29 is 43.9 Å². The van der Waals surface area contributed by atoms with Crippen molar-refractivity contribution in [3.8, 4) is 0 Å². The molecule has 0 N–H and O–H groups in total. The molecule has 0 radical (unpaired) electrons. The summed E-state index contributed by atoms with van der Waals surface area (Å²) in [4.78, 5) is 0. The number of alkyl halides is 9. The third kappa shape index (κ3) is 1.24. The van der Waals surface area contributed by atoms with Crippen molar-refractivity contribution in [1.82, 2.24) is 0 Å². The molecule has 0 spiro atoms. The van der Waals surface area contributed by atoms with Crippen LogP contribution in [0.1, 0.15) is 0 Å². The Morgan fingerprint density at radius 2 is 1.12 bits per heavy atom. The molecule has 0 amide bonds. The van der Waals surface area contributed by atoms with E-state index in [2.05, 4.69) is 0 Å². The van der Waals surface area contributed by atoms with Gasteiger partial charge >= 0.3 is 23.9 Å². The van der Waals surface area contributed by atoms with E-state index >= 15 is 0 Å². The Bertz CT molecular complexity index is 345. The Balaban J connectivity index is 3.34. The molecule has 0 aromatic heterocycles. The number of hydrogen-bond donors (Lipinski definition) is 0. The fourth-order valence-corrected chi connectivity index (χ4v) is 1.00. The van der Waals surface area contributed by atoms with E-state index in [4.69, 9.17) is 0 Å². The first-order valence-corrected chi connectivity index (χ1v) is 3.39. The largest absolute Gasteiger partial charge is 0.458 e. The van der Waals surface area contributed by atoms with E-state index in [-0.39, 0.29) is 0 Å². The Morgan fingerprint density at radius 3 is 1.38 bits per heavy atom. The summed E-state index contributed by atoms with van der Waals surface area (Å²) in [6.45, 7) is 0. The second-order valence-electron chi connectivity index (χ2n) is 2.91. The summed E-state index contributed by atoms with van der Waals surface area (Å²) >= 11 is 0.